The van der Waals surface area contributed by atoms with Crippen LogP contribution in [0, 0.1) is 11.3 Å². The van der Waals surface area contributed by atoms with Crippen molar-refractivity contribution in [2.45, 2.75) is 19.4 Å². The van der Waals surface area contributed by atoms with E-state index in [4.69, 9.17) is 10.00 Å². The number of ether oxygens (including phenoxy) is 1. The molecule has 0 spiro atoms. The van der Waals surface area contributed by atoms with Crippen molar-refractivity contribution in [2.24, 2.45) is 0 Å². The zero-order chi connectivity index (χ0) is 13.4. The summed E-state index contributed by atoms with van der Waals surface area (Å²) in [4.78, 5) is 0. The van der Waals surface area contributed by atoms with Gasteiger partial charge in [-0.1, -0.05) is 36.4 Å². The smallest absolute Gasteiger partial charge is 0.118 e. The summed E-state index contributed by atoms with van der Waals surface area (Å²) < 4.78 is 5.05. The summed E-state index contributed by atoms with van der Waals surface area (Å²) >= 11 is 0. The van der Waals surface area contributed by atoms with Gasteiger partial charge < -0.3 is 9.84 Å². The number of hydrogen-bond acceptors (Lipinski definition) is 3. The molecule has 0 aliphatic heterocycles. The van der Waals surface area contributed by atoms with Crippen molar-refractivity contribution in [2.75, 3.05) is 6.61 Å². The van der Waals surface area contributed by atoms with Gasteiger partial charge in [-0.2, -0.15) is 5.26 Å². The van der Waals surface area contributed by atoms with E-state index >= 15 is 0 Å². The summed E-state index contributed by atoms with van der Waals surface area (Å²) in [6.07, 6.45) is 4.66. The number of aliphatic hydroxyl groups is 1. The second kappa shape index (κ2) is 6.63. The van der Waals surface area contributed by atoms with Gasteiger partial charge in [-0.25, -0.2) is 0 Å². The highest BCUT2D eigenvalue weighted by atomic mass is 16.5. The Morgan fingerprint density at radius 1 is 1.44 bits per heavy atom. The van der Waals surface area contributed by atoms with Crippen LogP contribution in [0.15, 0.2) is 48.2 Å². The summed E-state index contributed by atoms with van der Waals surface area (Å²) in [6.45, 7) is 3.84. The molecule has 0 radical (unpaired) electrons. The Morgan fingerprint density at radius 3 is 2.67 bits per heavy atom. The van der Waals surface area contributed by atoms with Gasteiger partial charge in [-0.05, 0) is 25.5 Å². The number of hydrogen-bond donors (Lipinski definition) is 1. The Kier molecular flexibility index (Phi) is 5.16. The molecule has 3 heteroatoms. The van der Waals surface area contributed by atoms with Gasteiger partial charge in [0.25, 0.3) is 0 Å². The van der Waals surface area contributed by atoms with Gasteiger partial charge >= 0.3 is 0 Å². The lowest BCUT2D eigenvalue weighted by atomic mass is 9.96. The molecule has 1 aromatic rings. The van der Waals surface area contributed by atoms with Gasteiger partial charge in [-0.15, -0.1) is 0 Å². The lowest BCUT2D eigenvalue weighted by Gasteiger charge is -2.17. The maximum absolute atomic E-state index is 10.2. The second-order valence-corrected chi connectivity index (χ2v) is 3.99. The van der Waals surface area contributed by atoms with E-state index in [2.05, 4.69) is 0 Å². The van der Waals surface area contributed by atoms with Crippen molar-refractivity contribution >= 4 is 6.08 Å². The molecule has 0 aliphatic carbocycles. The van der Waals surface area contributed by atoms with Gasteiger partial charge in [0.05, 0.1) is 18.4 Å². The minimum Gasteiger partial charge on any atom is -0.500 e. The summed E-state index contributed by atoms with van der Waals surface area (Å²) in [5.74, 6) is 0. The highest BCUT2D eigenvalue weighted by molar-refractivity contribution is 5.52. The van der Waals surface area contributed by atoms with E-state index in [1.165, 1.54) is 6.26 Å². The number of nitriles is 1. The van der Waals surface area contributed by atoms with Gasteiger partial charge in [0.1, 0.15) is 11.7 Å². The average Bonchev–Trinajstić information content (AvgIpc) is 2.38. The molecule has 1 N–H and O–H groups in total. The van der Waals surface area contributed by atoms with Crippen molar-refractivity contribution in [3.05, 3.63) is 53.8 Å². The van der Waals surface area contributed by atoms with Crippen LogP contribution in [-0.4, -0.2) is 17.3 Å². The fraction of sp³-hybridized carbons (Fsp3) is 0.267. The molecule has 1 rings (SSSR count). The molecule has 0 aromatic heterocycles. The molecule has 1 atom stereocenters. The first-order valence-electron chi connectivity index (χ1n) is 5.79. The minimum absolute atomic E-state index is 0.177. The van der Waals surface area contributed by atoms with Crippen LogP contribution in [0.5, 0.6) is 0 Å². The fourth-order valence-electron chi connectivity index (χ4n) is 1.34. The molecule has 0 saturated carbocycles. The topological polar surface area (TPSA) is 53.2 Å². The summed E-state index contributed by atoms with van der Waals surface area (Å²) in [7, 11) is 0. The molecule has 18 heavy (non-hydrogen) atoms. The summed E-state index contributed by atoms with van der Waals surface area (Å²) in [5, 5.41) is 19.2. The standard InChI is InChI=1S/C15H17NO2/c1-3-18-12-14(11-16)15(2,17)10-9-13-7-5-4-6-8-13/h4-10,12,17H,3H2,1-2H3/b10-9+,14-12-. The Hall–Kier alpha value is -2.05. The summed E-state index contributed by atoms with van der Waals surface area (Å²) in [6, 6.07) is 11.5. The van der Waals surface area contributed by atoms with Crippen LogP contribution in [0.2, 0.25) is 0 Å². The largest absolute Gasteiger partial charge is 0.500 e. The average molecular weight is 243 g/mol. The molecular weight excluding hydrogens is 226 g/mol. The normalized spacial score (nSPS) is 15.1. The third-order valence-electron chi connectivity index (χ3n) is 2.43. The van der Waals surface area contributed by atoms with Crippen LogP contribution < -0.4 is 0 Å². The summed E-state index contributed by atoms with van der Waals surface area (Å²) in [5.41, 5.74) is -0.192. The van der Waals surface area contributed by atoms with E-state index in [1.807, 2.05) is 43.3 Å². The van der Waals surface area contributed by atoms with E-state index in [1.54, 1.807) is 19.1 Å². The highest BCUT2D eigenvalue weighted by Crippen LogP contribution is 2.19. The van der Waals surface area contributed by atoms with E-state index in [-0.39, 0.29) is 5.57 Å². The van der Waals surface area contributed by atoms with Gasteiger partial charge in [0, 0.05) is 0 Å². The first-order chi connectivity index (χ1) is 8.60. The van der Waals surface area contributed by atoms with Crippen LogP contribution >= 0.6 is 0 Å². The minimum atomic E-state index is -1.33. The van der Waals surface area contributed by atoms with E-state index in [0.717, 1.165) is 5.56 Å². The maximum Gasteiger partial charge on any atom is 0.118 e. The maximum atomic E-state index is 10.2. The predicted molar refractivity (Wildman–Crippen MR) is 71.4 cm³/mol. The fourth-order valence-corrected chi connectivity index (χ4v) is 1.34. The molecule has 0 aliphatic rings. The van der Waals surface area contributed by atoms with Crippen LogP contribution in [0.1, 0.15) is 19.4 Å². The van der Waals surface area contributed by atoms with Crippen LogP contribution in [0.3, 0.4) is 0 Å². The lowest BCUT2D eigenvalue weighted by Crippen LogP contribution is -2.23. The van der Waals surface area contributed by atoms with Crippen LogP contribution in [-0.2, 0) is 4.74 Å². The van der Waals surface area contributed by atoms with Crippen molar-refractivity contribution in [1.29, 1.82) is 5.26 Å². The van der Waals surface area contributed by atoms with E-state index in [9.17, 15) is 5.11 Å². The quantitative estimate of drug-likeness (QED) is 0.639. The van der Waals surface area contributed by atoms with Crippen LogP contribution in [0.4, 0.5) is 0 Å². The zero-order valence-corrected chi connectivity index (χ0v) is 10.6. The van der Waals surface area contributed by atoms with Crippen molar-refractivity contribution in [3.63, 3.8) is 0 Å². The Labute approximate surface area is 108 Å². The molecule has 0 saturated heterocycles. The van der Waals surface area contributed by atoms with Crippen LogP contribution in [0.25, 0.3) is 6.08 Å². The monoisotopic (exact) mass is 243 g/mol. The number of nitrogens with zero attached hydrogens (tertiary/aromatic N) is 1. The van der Waals surface area contributed by atoms with Gasteiger partial charge in [0.2, 0.25) is 0 Å². The molecule has 0 amide bonds. The second-order valence-electron chi connectivity index (χ2n) is 3.99. The SMILES string of the molecule is CCO/C=C(/C#N)C(C)(O)/C=C/c1ccccc1. The molecule has 1 aromatic carbocycles. The Bertz CT molecular complexity index is 467. The third-order valence-corrected chi connectivity index (χ3v) is 2.43. The van der Waals surface area contributed by atoms with Gasteiger partial charge in [-0.3, -0.25) is 0 Å². The predicted octanol–water partition coefficient (Wildman–Crippen LogP) is 2.89. The van der Waals surface area contributed by atoms with Crippen molar-refractivity contribution < 1.29 is 9.84 Å². The molecule has 0 fully saturated rings. The first-order valence-corrected chi connectivity index (χ1v) is 5.79. The highest BCUT2D eigenvalue weighted by Gasteiger charge is 2.23. The van der Waals surface area contributed by atoms with E-state index < -0.39 is 5.60 Å². The third kappa shape index (κ3) is 4.08. The molecule has 94 valence electrons. The lowest BCUT2D eigenvalue weighted by molar-refractivity contribution is 0.149. The number of rotatable bonds is 5. The Morgan fingerprint density at radius 2 is 2.11 bits per heavy atom. The van der Waals surface area contributed by atoms with E-state index in [0.29, 0.717) is 6.61 Å². The van der Waals surface area contributed by atoms with Crippen molar-refractivity contribution in [3.8, 4) is 6.07 Å². The van der Waals surface area contributed by atoms with Gasteiger partial charge in [0.15, 0.2) is 0 Å². The molecule has 0 bridgehead atoms. The number of benzene rings is 1. The first kappa shape index (κ1) is 14.0. The molecule has 0 heterocycles. The molecular formula is C15H17NO2. The zero-order valence-electron chi connectivity index (χ0n) is 10.6. The Balaban J connectivity index is 2.87. The molecule has 3 nitrogen and oxygen atoms in total. The molecule has 1 unspecified atom stereocenters. The van der Waals surface area contributed by atoms with Crippen molar-refractivity contribution in [1.82, 2.24) is 0 Å².